The van der Waals surface area contributed by atoms with E-state index in [0.717, 1.165) is 32.9 Å². The van der Waals surface area contributed by atoms with Gasteiger partial charge in [-0.05, 0) is 43.7 Å². The second-order valence-corrected chi connectivity index (χ2v) is 7.55. The van der Waals surface area contributed by atoms with Crippen LogP contribution in [-0.2, 0) is 0 Å². The highest BCUT2D eigenvalue weighted by molar-refractivity contribution is 6.35. The van der Waals surface area contributed by atoms with E-state index in [-0.39, 0.29) is 5.78 Å². The third-order valence-corrected chi connectivity index (χ3v) is 5.42. The number of hydrogen-bond acceptors (Lipinski definition) is 4. The van der Waals surface area contributed by atoms with Crippen LogP contribution in [0.5, 0.6) is 5.75 Å². The number of carbonyl (C=O) groups excluding carboxylic acids is 1. The van der Waals surface area contributed by atoms with E-state index in [4.69, 9.17) is 14.1 Å². The zero-order valence-corrected chi connectivity index (χ0v) is 17.4. The molecule has 0 saturated carbocycles. The summed E-state index contributed by atoms with van der Waals surface area (Å²) in [4.78, 5) is 24.8. The Balaban J connectivity index is 1.78. The van der Waals surface area contributed by atoms with Crippen LogP contribution in [0.15, 0.2) is 64.4 Å². The second kappa shape index (κ2) is 7.32. The van der Waals surface area contributed by atoms with Crippen LogP contribution < -0.4 is 26.0 Å². The van der Waals surface area contributed by atoms with Gasteiger partial charge in [0.25, 0.3) is 0 Å². The van der Waals surface area contributed by atoms with E-state index in [1.165, 1.54) is 12.5 Å². The van der Waals surface area contributed by atoms with Crippen LogP contribution in [0.1, 0.15) is 27.3 Å². The van der Waals surface area contributed by atoms with Crippen molar-refractivity contribution in [1.82, 2.24) is 9.97 Å². The molecule has 0 unspecified atom stereocenters. The van der Waals surface area contributed by atoms with E-state index in [1.54, 1.807) is 13.2 Å². The molecule has 0 fully saturated rings. The zero-order valence-electron chi connectivity index (χ0n) is 17.4. The maximum Gasteiger partial charge on any atom is 0.199 e. The molecular weight excluding hydrogens is 390 g/mol. The molecule has 0 spiro atoms. The average molecular weight is 411 g/mol. The SMILES string of the molecule is COc1cc(=C2N=c3ccccc3=C2C(=O)c2ccoc2)[nH]c1=Cc1[nH]c(C)cc1C. The number of aryl methyl sites for hydroxylation is 2. The Hall–Kier alpha value is -4.06. The first-order valence-corrected chi connectivity index (χ1v) is 9.96. The van der Waals surface area contributed by atoms with Gasteiger partial charge in [0.05, 0.1) is 46.3 Å². The Morgan fingerprint density at radius 2 is 1.97 bits per heavy atom. The minimum Gasteiger partial charge on any atom is -0.494 e. The lowest BCUT2D eigenvalue weighted by atomic mass is 10.0. The number of fused-ring (bicyclic) bond motifs is 1. The number of hydrogen-bond donors (Lipinski definition) is 2. The van der Waals surface area contributed by atoms with Crippen LogP contribution >= 0.6 is 0 Å². The van der Waals surface area contributed by atoms with Gasteiger partial charge in [-0.2, -0.15) is 0 Å². The zero-order chi connectivity index (χ0) is 21.5. The minimum atomic E-state index is -0.132. The third-order valence-electron chi connectivity index (χ3n) is 5.42. The fraction of sp³-hybridized carbons (Fsp3) is 0.120. The van der Waals surface area contributed by atoms with Crippen molar-refractivity contribution in [3.05, 3.63) is 98.8 Å². The number of H-pyrrole nitrogens is 2. The molecule has 4 aromatic rings. The maximum absolute atomic E-state index is 13.3. The van der Waals surface area contributed by atoms with Crippen LogP contribution in [-0.4, -0.2) is 22.9 Å². The molecule has 1 aliphatic heterocycles. The molecular formula is C25H21N3O3. The van der Waals surface area contributed by atoms with Gasteiger partial charge in [0.1, 0.15) is 12.0 Å². The Morgan fingerprint density at radius 1 is 1.13 bits per heavy atom. The summed E-state index contributed by atoms with van der Waals surface area (Å²) in [5, 5.41) is 3.08. The molecule has 1 aliphatic rings. The molecule has 4 heterocycles. The van der Waals surface area contributed by atoms with Crippen molar-refractivity contribution in [2.24, 2.45) is 4.99 Å². The van der Waals surface area contributed by atoms with Gasteiger partial charge < -0.3 is 19.1 Å². The molecule has 0 radical (unpaired) electrons. The molecule has 2 N–H and O–H groups in total. The monoisotopic (exact) mass is 411 g/mol. The quantitative estimate of drug-likeness (QED) is 0.503. The number of nitrogens with zero attached hydrogens (tertiary/aromatic N) is 1. The third kappa shape index (κ3) is 3.22. The number of para-hydroxylation sites is 1. The standard InChI is InChI=1S/C25H21N3O3/c1-14-10-15(2)26-19(14)11-20-22(30-3)12-21(27-20)24-23(25(29)16-8-9-31-13-16)17-6-4-5-7-18(17)28-24/h4-13,26-27H,1-3H3. The number of carbonyl (C=O) groups is 1. The van der Waals surface area contributed by atoms with Gasteiger partial charge in [0.15, 0.2) is 5.78 Å². The van der Waals surface area contributed by atoms with E-state index in [0.29, 0.717) is 27.9 Å². The van der Waals surface area contributed by atoms with Crippen molar-refractivity contribution in [2.75, 3.05) is 7.11 Å². The summed E-state index contributed by atoms with van der Waals surface area (Å²) in [7, 11) is 1.63. The highest BCUT2D eigenvalue weighted by Crippen LogP contribution is 2.20. The Labute approximate surface area is 177 Å². The van der Waals surface area contributed by atoms with Crippen LogP contribution in [0.4, 0.5) is 0 Å². The molecule has 0 atom stereocenters. The summed E-state index contributed by atoms with van der Waals surface area (Å²) in [5.74, 6) is 0.544. The fourth-order valence-electron chi connectivity index (χ4n) is 3.95. The first-order valence-electron chi connectivity index (χ1n) is 9.96. The van der Waals surface area contributed by atoms with E-state index in [9.17, 15) is 4.79 Å². The van der Waals surface area contributed by atoms with E-state index in [2.05, 4.69) is 23.0 Å². The Bertz CT molecular complexity index is 1550. The maximum atomic E-state index is 13.3. The van der Waals surface area contributed by atoms with Gasteiger partial charge in [0.2, 0.25) is 0 Å². The molecule has 31 heavy (non-hydrogen) atoms. The van der Waals surface area contributed by atoms with Crippen molar-refractivity contribution in [1.29, 1.82) is 0 Å². The van der Waals surface area contributed by atoms with Crippen molar-refractivity contribution in [3.8, 4) is 5.75 Å². The number of aromatic nitrogens is 2. The van der Waals surface area contributed by atoms with E-state index < -0.39 is 0 Å². The molecule has 1 aromatic carbocycles. The number of ether oxygens (including phenoxy) is 1. The summed E-state index contributed by atoms with van der Waals surface area (Å²) in [6, 6.07) is 13.3. The highest BCUT2D eigenvalue weighted by atomic mass is 16.5. The molecule has 0 amide bonds. The van der Waals surface area contributed by atoms with Crippen LogP contribution in [0.25, 0.3) is 17.3 Å². The van der Waals surface area contributed by atoms with Gasteiger partial charge >= 0.3 is 0 Å². The summed E-state index contributed by atoms with van der Waals surface area (Å²) in [6.07, 6.45) is 4.96. The topological polar surface area (TPSA) is 83.4 Å². The van der Waals surface area contributed by atoms with E-state index >= 15 is 0 Å². The largest absolute Gasteiger partial charge is 0.494 e. The lowest BCUT2D eigenvalue weighted by Gasteiger charge is -2.01. The van der Waals surface area contributed by atoms with Crippen LogP contribution in [0.3, 0.4) is 0 Å². The molecule has 154 valence electrons. The summed E-state index contributed by atoms with van der Waals surface area (Å²) in [6.45, 7) is 4.08. The van der Waals surface area contributed by atoms with Gasteiger partial charge in [-0.1, -0.05) is 18.2 Å². The normalized spacial score (nSPS) is 15.2. The van der Waals surface area contributed by atoms with Crippen molar-refractivity contribution in [2.45, 2.75) is 13.8 Å². The lowest BCUT2D eigenvalue weighted by Crippen LogP contribution is -2.24. The van der Waals surface area contributed by atoms with Gasteiger partial charge in [0, 0.05) is 22.7 Å². The number of aromatic amines is 2. The molecule has 0 saturated heterocycles. The first-order chi connectivity index (χ1) is 15.0. The number of ketones is 1. The number of Topliss-reactive ketones (excluding diaryl/α,β-unsaturated/α-hetero) is 1. The number of rotatable bonds is 4. The van der Waals surface area contributed by atoms with Gasteiger partial charge in [-0.25, -0.2) is 4.99 Å². The summed E-state index contributed by atoms with van der Waals surface area (Å²) >= 11 is 0. The molecule has 5 rings (SSSR count). The minimum absolute atomic E-state index is 0.132. The molecule has 0 aliphatic carbocycles. The van der Waals surface area contributed by atoms with E-state index in [1.807, 2.05) is 43.3 Å². The molecule has 6 heteroatoms. The van der Waals surface area contributed by atoms with Gasteiger partial charge in [-0.3, -0.25) is 4.79 Å². The van der Waals surface area contributed by atoms with Crippen molar-refractivity contribution < 1.29 is 13.9 Å². The van der Waals surface area contributed by atoms with Crippen LogP contribution in [0, 0.1) is 13.8 Å². The fourth-order valence-corrected chi connectivity index (χ4v) is 3.95. The predicted octanol–water partition coefficient (Wildman–Crippen LogP) is 1.87. The highest BCUT2D eigenvalue weighted by Gasteiger charge is 2.23. The molecule has 3 aromatic heterocycles. The Morgan fingerprint density at radius 3 is 2.68 bits per heavy atom. The van der Waals surface area contributed by atoms with Crippen LogP contribution in [0.2, 0.25) is 0 Å². The summed E-state index contributed by atoms with van der Waals surface area (Å²) < 4.78 is 10.7. The first kappa shape index (κ1) is 18.9. The average Bonchev–Trinajstić information content (AvgIpc) is 3.53. The number of benzene rings is 1. The lowest BCUT2D eigenvalue weighted by molar-refractivity contribution is 0.105. The summed E-state index contributed by atoms with van der Waals surface area (Å²) in [5.41, 5.74) is 4.85. The number of methoxy groups -OCH3 is 1. The molecule has 6 nitrogen and oxygen atoms in total. The second-order valence-electron chi connectivity index (χ2n) is 7.55. The smallest absolute Gasteiger partial charge is 0.199 e. The molecule has 0 bridgehead atoms. The number of nitrogens with one attached hydrogen (secondary N) is 2. The van der Waals surface area contributed by atoms with Crippen molar-refractivity contribution in [3.63, 3.8) is 0 Å². The van der Waals surface area contributed by atoms with Gasteiger partial charge in [-0.15, -0.1) is 0 Å². The predicted molar refractivity (Wildman–Crippen MR) is 118 cm³/mol. The number of furan rings is 1. The Kier molecular flexibility index (Phi) is 4.47. The van der Waals surface area contributed by atoms with Crippen molar-refractivity contribution >= 4 is 23.1 Å².